The molecule has 0 nitrogen and oxygen atoms in total. The van der Waals surface area contributed by atoms with Gasteiger partial charge in [0, 0.05) is 4.90 Å². The zero-order chi connectivity index (χ0) is 8.77. The van der Waals surface area contributed by atoms with Crippen LogP contribution in [0.3, 0.4) is 0 Å². The first-order valence-electron chi connectivity index (χ1n) is 3.37. The number of fused-ring (bicyclic) bond motifs is 1. The van der Waals surface area contributed by atoms with Crippen LogP contribution >= 0.6 is 12.6 Å². The molecule has 1 aromatic rings. The summed E-state index contributed by atoms with van der Waals surface area (Å²) in [6.07, 6.45) is 1.98. The number of thiol groups is 1. The fraction of sp³-hybridized carbons (Fsp3) is 0. The summed E-state index contributed by atoms with van der Waals surface area (Å²) >= 11 is 15.0. The molecule has 0 spiro atoms. The van der Waals surface area contributed by atoms with E-state index in [1.165, 1.54) is 0 Å². The summed E-state index contributed by atoms with van der Waals surface area (Å²) in [5.74, 6) is 0. The molecular formula is C8H6S4. The van der Waals surface area contributed by atoms with Crippen LogP contribution in [0.1, 0.15) is 5.56 Å². The summed E-state index contributed by atoms with van der Waals surface area (Å²) in [6.45, 7) is 0. The van der Waals surface area contributed by atoms with Crippen molar-refractivity contribution in [3.05, 3.63) is 34.1 Å². The predicted octanol–water partition coefficient (Wildman–Crippen LogP) is 2.37. The molecule has 1 heterocycles. The maximum atomic E-state index is 5.34. The molecule has 1 aliphatic heterocycles. The Morgan fingerprint density at radius 2 is 1.83 bits per heavy atom. The molecule has 1 aliphatic rings. The molecule has 0 atom stereocenters. The Hall–Kier alpha value is 0.1000. The quantitative estimate of drug-likeness (QED) is 0.680. The van der Waals surface area contributed by atoms with Crippen molar-refractivity contribution < 1.29 is 0 Å². The molecule has 4 heteroatoms. The summed E-state index contributed by atoms with van der Waals surface area (Å²) in [6, 6.07) is 7.99. The number of hydrogen-bond donors (Lipinski definition) is 1. The van der Waals surface area contributed by atoms with Crippen LogP contribution in [0, 0.1) is 0 Å². The van der Waals surface area contributed by atoms with Gasteiger partial charge in [-0.3, -0.25) is 0 Å². The van der Waals surface area contributed by atoms with Gasteiger partial charge >= 0.3 is 0 Å². The minimum Gasteiger partial charge on any atom is -0.136 e. The zero-order valence-corrected chi connectivity index (χ0v) is 9.40. The van der Waals surface area contributed by atoms with E-state index in [0.717, 1.165) is 14.7 Å². The molecule has 0 aliphatic carbocycles. The monoisotopic (exact) mass is 230 g/mol. The smallest absolute Gasteiger partial charge is 0.0506 e. The predicted molar refractivity (Wildman–Crippen MR) is 63.8 cm³/mol. The van der Waals surface area contributed by atoms with Gasteiger partial charge in [-0.1, -0.05) is 18.2 Å². The molecule has 0 radical (unpaired) electrons. The Morgan fingerprint density at radius 3 is 2.50 bits per heavy atom. The summed E-state index contributed by atoms with van der Waals surface area (Å²) in [5.41, 5.74) is 1.14. The van der Waals surface area contributed by atoms with E-state index in [-0.39, 0.29) is 0 Å². The van der Waals surface area contributed by atoms with E-state index >= 15 is 0 Å². The van der Waals surface area contributed by atoms with E-state index in [0.29, 0.717) is 0 Å². The van der Waals surface area contributed by atoms with Crippen molar-refractivity contribution in [1.29, 1.82) is 0 Å². The van der Waals surface area contributed by atoms with E-state index < -0.39 is 7.15 Å². The van der Waals surface area contributed by atoms with Gasteiger partial charge in [0.1, 0.15) is 0 Å². The third kappa shape index (κ3) is 1.14. The maximum absolute atomic E-state index is 5.34. The molecule has 12 heavy (non-hydrogen) atoms. The molecule has 0 saturated carbocycles. The largest absolute Gasteiger partial charge is 0.136 e. The fourth-order valence-corrected chi connectivity index (χ4v) is 4.00. The van der Waals surface area contributed by atoms with Crippen molar-refractivity contribution in [2.24, 2.45) is 0 Å². The van der Waals surface area contributed by atoms with Crippen LogP contribution in [-0.2, 0) is 29.5 Å². The summed E-state index contributed by atoms with van der Waals surface area (Å²) < 4.78 is 0.869. The summed E-state index contributed by atoms with van der Waals surface area (Å²) in [5, 5.41) is 0. The normalized spacial score (nSPS) is 18.6. The lowest BCUT2D eigenvalue weighted by atomic mass is 10.2. The first kappa shape index (κ1) is 8.69. The van der Waals surface area contributed by atoms with Gasteiger partial charge in [-0.05, 0) is 47.2 Å². The van der Waals surface area contributed by atoms with Crippen molar-refractivity contribution in [1.82, 2.24) is 0 Å². The van der Waals surface area contributed by atoms with Crippen LogP contribution in [0.4, 0.5) is 0 Å². The second-order valence-electron chi connectivity index (χ2n) is 2.52. The molecule has 1 aromatic carbocycles. The van der Waals surface area contributed by atoms with Gasteiger partial charge in [-0.15, -0.1) is 12.6 Å². The van der Waals surface area contributed by atoms with Crippen molar-refractivity contribution in [2.75, 3.05) is 0 Å². The minimum atomic E-state index is -1.59. The third-order valence-corrected chi connectivity index (χ3v) is 7.23. The lowest BCUT2D eigenvalue weighted by Crippen LogP contribution is -1.91. The third-order valence-electron chi connectivity index (χ3n) is 1.76. The maximum Gasteiger partial charge on any atom is 0.0506 e. The van der Waals surface area contributed by atoms with Gasteiger partial charge in [0.2, 0.25) is 0 Å². The molecule has 0 bridgehead atoms. The van der Waals surface area contributed by atoms with Crippen LogP contribution in [0.2, 0.25) is 0 Å². The molecule has 0 aromatic heterocycles. The zero-order valence-electron chi connectivity index (χ0n) is 6.06. The van der Waals surface area contributed by atoms with E-state index in [9.17, 15) is 0 Å². The van der Waals surface area contributed by atoms with Gasteiger partial charge in [-0.25, -0.2) is 0 Å². The Morgan fingerprint density at radius 1 is 1.17 bits per heavy atom. The molecule has 0 unspecified atom stereocenters. The molecule has 0 amide bonds. The van der Waals surface area contributed by atoms with Crippen molar-refractivity contribution >= 4 is 48.2 Å². The average molecular weight is 230 g/mol. The minimum absolute atomic E-state index is 0.869. The number of benzene rings is 1. The highest BCUT2D eigenvalue weighted by Gasteiger charge is 2.18. The lowest BCUT2D eigenvalue weighted by Gasteiger charge is -2.03. The van der Waals surface area contributed by atoms with E-state index in [4.69, 9.17) is 22.4 Å². The molecular weight excluding hydrogens is 224 g/mol. The van der Waals surface area contributed by atoms with Crippen molar-refractivity contribution in [3.8, 4) is 0 Å². The van der Waals surface area contributed by atoms with Crippen molar-refractivity contribution in [3.63, 3.8) is 0 Å². The van der Waals surface area contributed by atoms with Gasteiger partial charge in [0.05, 0.1) is 4.24 Å². The van der Waals surface area contributed by atoms with E-state index in [2.05, 4.69) is 12.6 Å². The topological polar surface area (TPSA) is 0 Å². The van der Waals surface area contributed by atoms with Gasteiger partial charge < -0.3 is 0 Å². The highest BCUT2D eigenvalue weighted by Crippen LogP contribution is 2.34. The highest BCUT2D eigenvalue weighted by molar-refractivity contribution is 8.61. The number of hydrogen-bond acceptors (Lipinski definition) is 3. The first-order chi connectivity index (χ1) is 5.62. The van der Waals surface area contributed by atoms with Crippen LogP contribution in [-0.4, -0.2) is 0 Å². The SMILES string of the molecule is S=S1(=S)C(S)=Cc2ccccc21. The van der Waals surface area contributed by atoms with Crippen LogP contribution in [0.25, 0.3) is 6.08 Å². The van der Waals surface area contributed by atoms with Gasteiger partial charge in [0.25, 0.3) is 0 Å². The van der Waals surface area contributed by atoms with E-state index in [1.807, 2.05) is 30.3 Å². The first-order valence-corrected chi connectivity index (χ1v) is 7.30. The lowest BCUT2D eigenvalue weighted by molar-refractivity contribution is 1.44. The molecule has 62 valence electrons. The Balaban J connectivity index is 2.83. The molecule has 0 N–H and O–H groups in total. The molecule has 0 saturated heterocycles. The molecule has 0 fully saturated rings. The van der Waals surface area contributed by atoms with E-state index in [1.54, 1.807) is 0 Å². The van der Waals surface area contributed by atoms with Crippen LogP contribution in [0.5, 0.6) is 0 Å². The standard InChI is InChI=1S/C8H6S4/c9-8-5-6-3-1-2-4-7(6)12(8,10)11/h1-5,9H. The van der Waals surface area contributed by atoms with Crippen LogP contribution < -0.4 is 0 Å². The number of rotatable bonds is 0. The Labute approximate surface area is 86.9 Å². The van der Waals surface area contributed by atoms with Gasteiger partial charge in [-0.2, -0.15) is 0 Å². The average Bonchev–Trinajstić information content (AvgIpc) is 2.25. The molecule has 2 rings (SSSR count). The van der Waals surface area contributed by atoms with Gasteiger partial charge in [0.15, 0.2) is 0 Å². The second-order valence-corrected chi connectivity index (χ2v) is 8.83. The summed E-state index contributed by atoms with van der Waals surface area (Å²) in [4.78, 5) is 1.10. The Bertz CT molecular complexity index is 454. The second kappa shape index (κ2) is 2.80. The van der Waals surface area contributed by atoms with Crippen molar-refractivity contribution in [2.45, 2.75) is 4.90 Å². The Kier molecular flexibility index (Phi) is 2.03. The summed E-state index contributed by atoms with van der Waals surface area (Å²) in [7, 11) is -1.59. The fourth-order valence-electron chi connectivity index (χ4n) is 1.17. The highest BCUT2D eigenvalue weighted by atomic mass is 33.1. The van der Waals surface area contributed by atoms with Crippen LogP contribution in [0.15, 0.2) is 33.4 Å².